The standard InChI is InChI=1S/C12H9NO4S/c1-7-2-3-18-11(7)8-4-9(12(14)15)6-10(5-8)13(16)17/h2-6H,1H3,(H,14,15). The number of thiophene rings is 1. The van der Waals surface area contributed by atoms with E-state index in [9.17, 15) is 14.9 Å². The molecular weight excluding hydrogens is 254 g/mol. The predicted octanol–water partition coefficient (Wildman–Crippen LogP) is 3.33. The summed E-state index contributed by atoms with van der Waals surface area (Å²) in [5.74, 6) is -1.17. The largest absolute Gasteiger partial charge is 0.478 e. The first-order valence-corrected chi connectivity index (χ1v) is 5.94. The first kappa shape index (κ1) is 12.3. The number of rotatable bonds is 3. The van der Waals surface area contributed by atoms with Gasteiger partial charge in [0.15, 0.2) is 0 Å². The number of carbonyl (C=O) groups is 1. The Morgan fingerprint density at radius 2 is 2.11 bits per heavy atom. The van der Waals surface area contributed by atoms with E-state index in [2.05, 4.69) is 0 Å². The number of carboxylic acid groups (broad SMARTS) is 1. The molecule has 0 amide bonds. The molecule has 0 unspecified atom stereocenters. The van der Waals surface area contributed by atoms with Crippen LogP contribution in [0, 0.1) is 17.0 Å². The summed E-state index contributed by atoms with van der Waals surface area (Å²) in [5.41, 5.74) is 1.25. The van der Waals surface area contributed by atoms with Crippen molar-refractivity contribution >= 4 is 23.0 Å². The van der Waals surface area contributed by atoms with E-state index in [1.165, 1.54) is 23.5 Å². The van der Waals surface area contributed by atoms with Crippen molar-refractivity contribution in [3.05, 3.63) is 50.9 Å². The lowest BCUT2D eigenvalue weighted by Crippen LogP contribution is -1.99. The third-order valence-electron chi connectivity index (χ3n) is 2.50. The van der Waals surface area contributed by atoms with Crippen LogP contribution in [-0.4, -0.2) is 16.0 Å². The topological polar surface area (TPSA) is 80.4 Å². The van der Waals surface area contributed by atoms with Gasteiger partial charge in [0.25, 0.3) is 5.69 Å². The van der Waals surface area contributed by atoms with Crippen LogP contribution in [-0.2, 0) is 0 Å². The molecule has 0 saturated carbocycles. The number of aryl methyl sites for hydroxylation is 1. The highest BCUT2D eigenvalue weighted by Gasteiger charge is 2.15. The second kappa shape index (κ2) is 4.58. The van der Waals surface area contributed by atoms with E-state index < -0.39 is 10.9 Å². The van der Waals surface area contributed by atoms with Crippen LogP contribution in [0.25, 0.3) is 10.4 Å². The van der Waals surface area contributed by atoms with Gasteiger partial charge < -0.3 is 5.11 Å². The van der Waals surface area contributed by atoms with Crippen LogP contribution < -0.4 is 0 Å². The summed E-state index contributed by atoms with van der Waals surface area (Å²) in [6, 6.07) is 5.80. The fraction of sp³-hybridized carbons (Fsp3) is 0.0833. The number of benzene rings is 1. The van der Waals surface area contributed by atoms with Crippen LogP contribution in [0.3, 0.4) is 0 Å². The average Bonchev–Trinajstić information content (AvgIpc) is 2.74. The predicted molar refractivity (Wildman–Crippen MR) is 68.1 cm³/mol. The summed E-state index contributed by atoms with van der Waals surface area (Å²) in [4.78, 5) is 22.0. The Morgan fingerprint density at radius 1 is 1.39 bits per heavy atom. The molecular formula is C12H9NO4S. The molecule has 1 aromatic carbocycles. The SMILES string of the molecule is Cc1ccsc1-c1cc(C(=O)O)cc([N+](=O)[O-])c1. The second-order valence-corrected chi connectivity index (χ2v) is 4.68. The van der Waals surface area contributed by atoms with E-state index in [-0.39, 0.29) is 11.3 Å². The zero-order chi connectivity index (χ0) is 13.3. The lowest BCUT2D eigenvalue weighted by molar-refractivity contribution is -0.384. The molecule has 0 spiro atoms. The smallest absolute Gasteiger partial charge is 0.335 e. The number of aromatic carboxylic acids is 1. The third-order valence-corrected chi connectivity index (χ3v) is 3.57. The van der Waals surface area contributed by atoms with Gasteiger partial charge in [-0.05, 0) is 35.6 Å². The fourth-order valence-electron chi connectivity index (χ4n) is 1.64. The molecule has 0 atom stereocenters. The van der Waals surface area contributed by atoms with E-state index in [1.807, 2.05) is 18.4 Å². The summed E-state index contributed by atoms with van der Waals surface area (Å²) in [6.45, 7) is 1.88. The molecule has 1 aromatic heterocycles. The van der Waals surface area contributed by atoms with Crippen LogP contribution in [0.1, 0.15) is 15.9 Å². The monoisotopic (exact) mass is 263 g/mol. The third kappa shape index (κ3) is 2.23. The van der Waals surface area contributed by atoms with Gasteiger partial charge >= 0.3 is 5.97 Å². The Morgan fingerprint density at radius 3 is 2.61 bits per heavy atom. The van der Waals surface area contributed by atoms with E-state index in [1.54, 1.807) is 0 Å². The minimum atomic E-state index is -1.17. The first-order valence-electron chi connectivity index (χ1n) is 5.06. The van der Waals surface area contributed by atoms with Gasteiger partial charge in [-0.1, -0.05) is 0 Å². The van der Waals surface area contributed by atoms with E-state index in [0.29, 0.717) is 5.56 Å². The Labute approximate surface area is 106 Å². The zero-order valence-corrected chi connectivity index (χ0v) is 10.2. The molecule has 6 heteroatoms. The maximum absolute atomic E-state index is 11.0. The lowest BCUT2D eigenvalue weighted by atomic mass is 10.1. The molecule has 5 nitrogen and oxygen atoms in total. The molecule has 0 radical (unpaired) electrons. The van der Waals surface area contributed by atoms with Crippen molar-refractivity contribution in [2.24, 2.45) is 0 Å². The number of carboxylic acids is 1. The van der Waals surface area contributed by atoms with Crippen LogP contribution in [0.15, 0.2) is 29.6 Å². The number of hydrogen-bond acceptors (Lipinski definition) is 4. The Hall–Kier alpha value is -2.21. The highest BCUT2D eigenvalue weighted by atomic mass is 32.1. The van der Waals surface area contributed by atoms with Gasteiger partial charge in [-0.25, -0.2) is 4.79 Å². The molecule has 2 aromatic rings. The Balaban J connectivity index is 2.64. The van der Waals surface area contributed by atoms with Crippen molar-refractivity contribution in [3.8, 4) is 10.4 Å². The summed E-state index contributed by atoms with van der Waals surface area (Å²) >= 11 is 1.43. The maximum Gasteiger partial charge on any atom is 0.335 e. The van der Waals surface area contributed by atoms with Gasteiger partial charge in [0.2, 0.25) is 0 Å². The van der Waals surface area contributed by atoms with Crippen molar-refractivity contribution in [3.63, 3.8) is 0 Å². The molecule has 18 heavy (non-hydrogen) atoms. The van der Waals surface area contributed by atoms with Crippen LogP contribution >= 0.6 is 11.3 Å². The Kier molecular flexibility index (Phi) is 3.12. The van der Waals surface area contributed by atoms with Gasteiger partial charge in [0.05, 0.1) is 10.5 Å². The van der Waals surface area contributed by atoms with Crippen molar-refractivity contribution in [1.29, 1.82) is 0 Å². The summed E-state index contributed by atoms with van der Waals surface area (Å²) in [5, 5.41) is 21.6. The molecule has 0 aliphatic rings. The highest BCUT2D eigenvalue weighted by Crippen LogP contribution is 2.32. The molecule has 2 rings (SSSR count). The molecule has 0 bridgehead atoms. The number of nitro groups is 1. The zero-order valence-electron chi connectivity index (χ0n) is 9.41. The molecule has 1 heterocycles. The molecule has 0 saturated heterocycles. The van der Waals surface area contributed by atoms with Crippen LogP contribution in [0.5, 0.6) is 0 Å². The average molecular weight is 263 g/mol. The summed E-state index contributed by atoms with van der Waals surface area (Å²) < 4.78 is 0. The number of nitro benzene ring substituents is 1. The maximum atomic E-state index is 11.0. The van der Waals surface area contributed by atoms with E-state index in [0.717, 1.165) is 16.5 Å². The summed E-state index contributed by atoms with van der Waals surface area (Å²) in [6.07, 6.45) is 0. The van der Waals surface area contributed by atoms with Crippen LogP contribution in [0.2, 0.25) is 0 Å². The molecule has 92 valence electrons. The van der Waals surface area contributed by atoms with Gasteiger partial charge in [-0.2, -0.15) is 0 Å². The van der Waals surface area contributed by atoms with Crippen LogP contribution in [0.4, 0.5) is 5.69 Å². The van der Waals surface area contributed by atoms with E-state index in [4.69, 9.17) is 5.11 Å². The minimum absolute atomic E-state index is 0.0769. The first-order chi connectivity index (χ1) is 8.49. The van der Waals surface area contributed by atoms with Crippen molar-refractivity contribution in [2.75, 3.05) is 0 Å². The van der Waals surface area contributed by atoms with Crippen molar-refractivity contribution < 1.29 is 14.8 Å². The molecule has 0 aliphatic carbocycles. The lowest BCUT2D eigenvalue weighted by Gasteiger charge is -2.02. The molecule has 0 aliphatic heterocycles. The molecule has 1 N–H and O–H groups in total. The van der Waals surface area contributed by atoms with E-state index >= 15 is 0 Å². The summed E-state index contributed by atoms with van der Waals surface area (Å²) in [7, 11) is 0. The van der Waals surface area contributed by atoms with Gasteiger partial charge in [-0.15, -0.1) is 11.3 Å². The quantitative estimate of drug-likeness (QED) is 0.680. The number of hydrogen-bond donors (Lipinski definition) is 1. The van der Waals surface area contributed by atoms with Gasteiger partial charge in [0, 0.05) is 17.0 Å². The van der Waals surface area contributed by atoms with Crippen molar-refractivity contribution in [2.45, 2.75) is 6.92 Å². The fourth-order valence-corrected chi connectivity index (χ4v) is 2.56. The number of nitrogens with zero attached hydrogens (tertiary/aromatic N) is 1. The number of non-ortho nitro benzene ring substituents is 1. The molecule has 0 fully saturated rings. The normalized spacial score (nSPS) is 10.3. The second-order valence-electron chi connectivity index (χ2n) is 3.76. The van der Waals surface area contributed by atoms with Gasteiger partial charge in [0.1, 0.15) is 0 Å². The Bertz CT molecular complexity index is 601. The van der Waals surface area contributed by atoms with Gasteiger partial charge in [-0.3, -0.25) is 10.1 Å². The highest BCUT2D eigenvalue weighted by molar-refractivity contribution is 7.13. The van der Waals surface area contributed by atoms with Crippen molar-refractivity contribution in [1.82, 2.24) is 0 Å². The minimum Gasteiger partial charge on any atom is -0.478 e.